The van der Waals surface area contributed by atoms with Gasteiger partial charge in [0.25, 0.3) is 0 Å². The fourth-order valence-electron chi connectivity index (χ4n) is 2.90. The maximum absolute atomic E-state index is 12.1. The molecule has 29 heavy (non-hydrogen) atoms. The number of ether oxygens (including phenoxy) is 3. The van der Waals surface area contributed by atoms with Gasteiger partial charge >= 0.3 is 12.1 Å². The lowest BCUT2D eigenvalue weighted by Crippen LogP contribution is -2.51. The van der Waals surface area contributed by atoms with Crippen LogP contribution in [0.3, 0.4) is 0 Å². The fraction of sp³-hybridized carbons (Fsp3) is 0.600. The van der Waals surface area contributed by atoms with Crippen LogP contribution >= 0.6 is 0 Å². The summed E-state index contributed by atoms with van der Waals surface area (Å²) in [5.41, 5.74) is 0.130. The molecule has 0 atom stereocenters. The van der Waals surface area contributed by atoms with E-state index >= 15 is 0 Å². The number of hydrogen-bond donors (Lipinski definition) is 2. The summed E-state index contributed by atoms with van der Waals surface area (Å²) in [6.07, 6.45) is -0.274. The first-order valence-electron chi connectivity index (χ1n) is 9.69. The van der Waals surface area contributed by atoms with Gasteiger partial charge in [0.05, 0.1) is 14.2 Å². The summed E-state index contributed by atoms with van der Waals surface area (Å²) in [4.78, 5) is 28.1. The average molecular weight is 408 g/mol. The van der Waals surface area contributed by atoms with E-state index in [1.165, 1.54) is 0 Å². The molecule has 1 heterocycles. The molecule has 1 aliphatic heterocycles. The number of hydrogen-bond acceptors (Lipinski definition) is 6. The van der Waals surface area contributed by atoms with Crippen LogP contribution in [0.4, 0.5) is 15.3 Å². The Bertz CT molecular complexity index is 697. The van der Waals surface area contributed by atoms with Gasteiger partial charge in [-0.15, -0.1) is 0 Å². The number of urea groups is 1. The molecule has 0 bridgehead atoms. The van der Waals surface area contributed by atoms with E-state index in [1.807, 2.05) is 20.8 Å². The normalized spacial score (nSPS) is 14.9. The molecule has 9 heteroatoms. The van der Waals surface area contributed by atoms with Gasteiger partial charge in [0.2, 0.25) is 0 Å². The summed E-state index contributed by atoms with van der Waals surface area (Å²) in [5.74, 6) is 1.15. The molecule has 1 aromatic carbocycles. The number of nitrogens with zero attached hydrogens (tertiary/aromatic N) is 2. The summed E-state index contributed by atoms with van der Waals surface area (Å²) >= 11 is 0. The quantitative estimate of drug-likeness (QED) is 0.751. The van der Waals surface area contributed by atoms with Crippen molar-refractivity contribution in [1.82, 2.24) is 15.1 Å². The molecular weight excluding hydrogens is 376 g/mol. The Balaban J connectivity index is 1.69. The third-order valence-electron chi connectivity index (χ3n) is 4.38. The van der Waals surface area contributed by atoms with Crippen molar-refractivity contribution in [2.45, 2.75) is 26.4 Å². The number of nitrogens with one attached hydrogen (secondary N) is 2. The van der Waals surface area contributed by atoms with Gasteiger partial charge in [-0.1, -0.05) is 0 Å². The maximum Gasteiger partial charge on any atom is 0.410 e. The van der Waals surface area contributed by atoms with Crippen LogP contribution in [-0.4, -0.2) is 81.0 Å². The van der Waals surface area contributed by atoms with E-state index in [4.69, 9.17) is 14.2 Å². The molecule has 0 aliphatic carbocycles. The van der Waals surface area contributed by atoms with Crippen LogP contribution in [0.25, 0.3) is 0 Å². The number of methoxy groups -OCH3 is 2. The Hall–Kier alpha value is -2.68. The number of amides is 3. The highest BCUT2D eigenvalue weighted by Gasteiger charge is 2.25. The number of benzene rings is 1. The molecular formula is C20H32N4O5. The summed E-state index contributed by atoms with van der Waals surface area (Å²) in [7, 11) is 3.11. The predicted molar refractivity (Wildman–Crippen MR) is 111 cm³/mol. The number of rotatable bonds is 6. The second-order valence-electron chi connectivity index (χ2n) is 7.76. The predicted octanol–water partition coefficient (Wildman–Crippen LogP) is 2.38. The monoisotopic (exact) mass is 408 g/mol. The number of anilines is 1. The van der Waals surface area contributed by atoms with Gasteiger partial charge in [-0.05, 0) is 32.9 Å². The Morgan fingerprint density at radius 1 is 1.03 bits per heavy atom. The molecule has 3 amide bonds. The molecule has 1 saturated heterocycles. The van der Waals surface area contributed by atoms with Gasteiger partial charge in [-0.25, -0.2) is 9.59 Å². The van der Waals surface area contributed by atoms with Crippen molar-refractivity contribution in [2.24, 2.45) is 0 Å². The van der Waals surface area contributed by atoms with Gasteiger partial charge in [-0.3, -0.25) is 4.90 Å². The van der Waals surface area contributed by atoms with E-state index < -0.39 is 5.60 Å². The number of piperazine rings is 1. The van der Waals surface area contributed by atoms with Crippen LogP contribution in [0, 0.1) is 0 Å². The SMILES string of the molecule is COc1ccc(NC(=O)NCCN2CCN(C(=O)OC(C)(C)C)CC2)cc1OC. The molecule has 1 fully saturated rings. The number of carbonyl (C=O) groups is 2. The molecule has 0 saturated carbocycles. The van der Waals surface area contributed by atoms with Gasteiger partial charge in [0.1, 0.15) is 5.60 Å². The lowest BCUT2D eigenvalue weighted by Gasteiger charge is -2.35. The molecule has 0 aromatic heterocycles. The standard InChI is InChI=1S/C20H32N4O5/c1-20(2,3)29-19(26)24-12-10-23(11-13-24)9-8-21-18(25)22-15-6-7-16(27-4)17(14-15)28-5/h6-7,14H,8-13H2,1-5H3,(H2,21,22,25). The smallest absolute Gasteiger partial charge is 0.410 e. The van der Waals surface area contributed by atoms with Crippen LogP contribution in [-0.2, 0) is 4.74 Å². The average Bonchev–Trinajstić information content (AvgIpc) is 2.67. The Labute approximate surface area is 172 Å². The van der Waals surface area contributed by atoms with Crippen molar-refractivity contribution in [2.75, 3.05) is 58.8 Å². The first kappa shape index (κ1) is 22.6. The summed E-state index contributed by atoms with van der Waals surface area (Å²) in [6, 6.07) is 4.90. The summed E-state index contributed by atoms with van der Waals surface area (Å²) in [6.45, 7) is 9.53. The highest BCUT2D eigenvalue weighted by Crippen LogP contribution is 2.29. The zero-order valence-electron chi connectivity index (χ0n) is 17.9. The molecule has 0 radical (unpaired) electrons. The van der Waals surface area contributed by atoms with Crippen LogP contribution in [0.15, 0.2) is 18.2 Å². The topological polar surface area (TPSA) is 92.4 Å². The van der Waals surface area contributed by atoms with Crippen molar-refractivity contribution in [3.05, 3.63) is 18.2 Å². The van der Waals surface area contributed by atoms with Gasteiger partial charge in [0, 0.05) is 51.0 Å². The lowest BCUT2D eigenvalue weighted by atomic mass is 10.2. The van der Waals surface area contributed by atoms with E-state index in [1.54, 1.807) is 37.3 Å². The minimum atomic E-state index is -0.487. The number of carbonyl (C=O) groups excluding carboxylic acids is 2. The van der Waals surface area contributed by atoms with Crippen LogP contribution in [0.5, 0.6) is 11.5 Å². The lowest BCUT2D eigenvalue weighted by molar-refractivity contribution is 0.0147. The highest BCUT2D eigenvalue weighted by atomic mass is 16.6. The Morgan fingerprint density at radius 3 is 2.28 bits per heavy atom. The molecule has 0 spiro atoms. The minimum Gasteiger partial charge on any atom is -0.493 e. The first-order valence-corrected chi connectivity index (χ1v) is 9.69. The zero-order valence-corrected chi connectivity index (χ0v) is 17.9. The second kappa shape index (κ2) is 10.2. The van der Waals surface area contributed by atoms with Crippen molar-refractivity contribution in [3.63, 3.8) is 0 Å². The molecule has 2 N–H and O–H groups in total. The maximum atomic E-state index is 12.1. The van der Waals surface area contributed by atoms with E-state index in [2.05, 4.69) is 15.5 Å². The van der Waals surface area contributed by atoms with Crippen LogP contribution in [0.2, 0.25) is 0 Å². The summed E-state index contributed by atoms with van der Waals surface area (Å²) < 4.78 is 15.8. The molecule has 2 rings (SSSR count). The molecule has 1 aromatic rings. The Kier molecular flexibility index (Phi) is 7.95. The molecule has 1 aliphatic rings. The van der Waals surface area contributed by atoms with E-state index in [-0.39, 0.29) is 12.1 Å². The highest BCUT2D eigenvalue weighted by molar-refractivity contribution is 5.89. The van der Waals surface area contributed by atoms with E-state index in [0.29, 0.717) is 43.4 Å². The van der Waals surface area contributed by atoms with Crippen molar-refractivity contribution in [3.8, 4) is 11.5 Å². The Morgan fingerprint density at radius 2 is 1.69 bits per heavy atom. The second-order valence-corrected chi connectivity index (χ2v) is 7.76. The van der Waals surface area contributed by atoms with Gasteiger partial charge in [-0.2, -0.15) is 0 Å². The molecule has 162 valence electrons. The summed E-state index contributed by atoms with van der Waals surface area (Å²) in [5, 5.41) is 5.62. The van der Waals surface area contributed by atoms with Crippen LogP contribution < -0.4 is 20.1 Å². The first-order chi connectivity index (χ1) is 13.7. The fourth-order valence-corrected chi connectivity index (χ4v) is 2.90. The van der Waals surface area contributed by atoms with Gasteiger partial charge in [0.15, 0.2) is 11.5 Å². The third-order valence-corrected chi connectivity index (χ3v) is 4.38. The van der Waals surface area contributed by atoms with Gasteiger partial charge < -0.3 is 29.7 Å². The third kappa shape index (κ3) is 7.34. The largest absolute Gasteiger partial charge is 0.493 e. The van der Waals surface area contributed by atoms with Crippen molar-refractivity contribution >= 4 is 17.8 Å². The molecule has 0 unspecified atom stereocenters. The zero-order chi connectivity index (χ0) is 21.4. The minimum absolute atomic E-state index is 0.274. The van der Waals surface area contributed by atoms with Crippen molar-refractivity contribution in [1.29, 1.82) is 0 Å². The van der Waals surface area contributed by atoms with E-state index in [0.717, 1.165) is 13.1 Å². The van der Waals surface area contributed by atoms with E-state index in [9.17, 15) is 9.59 Å². The van der Waals surface area contributed by atoms with Crippen LogP contribution in [0.1, 0.15) is 20.8 Å². The van der Waals surface area contributed by atoms with Crippen molar-refractivity contribution < 1.29 is 23.8 Å². The molecule has 9 nitrogen and oxygen atoms in total.